The molecule has 0 aromatic carbocycles. The van der Waals surface area contributed by atoms with E-state index in [9.17, 15) is 4.79 Å². The van der Waals surface area contributed by atoms with E-state index in [1.807, 2.05) is 0 Å². The van der Waals surface area contributed by atoms with Crippen LogP contribution in [0, 0.1) is 5.92 Å². The molecule has 104 valence electrons. The van der Waals surface area contributed by atoms with Gasteiger partial charge in [0, 0.05) is 33.1 Å². The van der Waals surface area contributed by atoms with Gasteiger partial charge in [-0.1, -0.05) is 0 Å². The number of hydrogen-bond donors (Lipinski definition) is 2. The third-order valence-corrected chi connectivity index (χ3v) is 3.81. The van der Waals surface area contributed by atoms with Crippen molar-refractivity contribution in [1.29, 1.82) is 0 Å². The maximum absolute atomic E-state index is 10.9. The van der Waals surface area contributed by atoms with Gasteiger partial charge in [0.2, 0.25) is 5.91 Å². The molecule has 2 rings (SSSR count). The van der Waals surface area contributed by atoms with Crippen LogP contribution in [0.5, 0.6) is 0 Å². The van der Waals surface area contributed by atoms with E-state index < -0.39 is 0 Å². The zero-order chi connectivity index (χ0) is 12.8. The van der Waals surface area contributed by atoms with Crippen molar-refractivity contribution in [2.75, 3.05) is 45.9 Å². The number of rotatable bonds is 4. The van der Waals surface area contributed by atoms with Gasteiger partial charge in [-0.25, -0.2) is 0 Å². The van der Waals surface area contributed by atoms with Gasteiger partial charge in [0.25, 0.3) is 0 Å². The Bertz CT molecular complexity index is 259. The first kappa shape index (κ1) is 13.8. The lowest BCUT2D eigenvalue weighted by Gasteiger charge is -2.35. The van der Waals surface area contributed by atoms with Gasteiger partial charge in [0.05, 0.1) is 12.7 Å². The van der Waals surface area contributed by atoms with E-state index in [1.54, 1.807) is 6.92 Å². The van der Waals surface area contributed by atoms with E-state index >= 15 is 0 Å². The fourth-order valence-electron chi connectivity index (χ4n) is 2.69. The van der Waals surface area contributed by atoms with Crippen molar-refractivity contribution in [2.24, 2.45) is 5.92 Å². The molecule has 2 heterocycles. The lowest BCUT2D eigenvalue weighted by Crippen LogP contribution is -2.47. The highest BCUT2D eigenvalue weighted by Gasteiger charge is 2.22. The van der Waals surface area contributed by atoms with E-state index in [2.05, 4.69) is 15.5 Å². The minimum absolute atomic E-state index is 0.0825. The summed E-state index contributed by atoms with van der Waals surface area (Å²) < 4.78 is 5.73. The second kappa shape index (κ2) is 7.07. The van der Waals surface area contributed by atoms with Crippen LogP contribution in [0.3, 0.4) is 0 Å². The molecule has 2 N–H and O–H groups in total. The fraction of sp³-hybridized carbons (Fsp3) is 0.923. The van der Waals surface area contributed by atoms with Gasteiger partial charge < -0.3 is 20.3 Å². The van der Waals surface area contributed by atoms with Gasteiger partial charge in [-0.15, -0.1) is 0 Å². The third-order valence-electron chi connectivity index (χ3n) is 3.81. The molecule has 0 aliphatic carbocycles. The average molecular weight is 255 g/mol. The maximum Gasteiger partial charge on any atom is 0.216 e. The summed E-state index contributed by atoms with van der Waals surface area (Å²) in [6.45, 7) is 8.52. The Kier molecular flexibility index (Phi) is 5.41. The van der Waals surface area contributed by atoms with Crippen LogP contribution >= 0.6 is 0 Å². The van der Waals surface area contributed by atoms with Gasteiger partial charge >= 0.3 is 0 Å². The van der Waals surface area contributed by atoms with Crippen LogP contribution in [0.15, 0.2) is 0 Å². The van der Waals surface area contributed by atoms with E-state index in [0.717, 1.165) is 45.9 Å². The van der Waals surface area contributed by atoms with Gasteiger partial charge in [-0.05, 0) is 31.8 Å². The van der Waals surface area contributed by atoms with Gasteiger partial charge in [0.15, 0.2) is 0 Å². The Morgan fingerprint density at radius 1 is 1.44 bits per heavy atom. The predicted octanol–water partition coefficient (Wildman–Crippen LogP) is -0.177. The first-order valence-corrected chi connectivity index (χ1v) is 7.03. The highest BCUT2D eigenvalue weighted by atomic mass is 16.5. The van der Waals surface area contributed by atoms with Crippen LogP contribution in [0.4, 0.5) is 0 Å². The Labute approximate surface area is 109 Å². The molecule has 1 unspecified atom stereocenters. The SMILES string of the molecule is CC(=O)NCC1CCN(CC2CNCCO2)CC1. The second-order valence-electron chi connectivity index (χ2n) is 5.38. The standard InChI is InChI=1S/C13H25N3O2/c1-11(17)15-8-12-2-5-16(6-3-12)10-13-9-14-4-7-18-13/h12-14H,2-10H2,1H3,(H,15,17). The molecule has 0 spiro atoms. The molecule has 2 aliphatic rings. The lowest BCUT2D eigenvalue weighted by atomic mass is 9.96. The Morgan fingerprint density at radius 2 is 2.22 bits per heavy atom. The van der Waals surface area contributed by atoms with Crippen LogP contribution in [0.25, 0.3) is 0 Å². The van der Waals surface area contributed by atoms with E-state index in [4.69, 9.17) is 4.74 Å². The number of ether oxygens (including phenoxy) is 1. The summed E-state index contributed by atoms with van der Waals surface area (Å²) in [5, 5.41) is 6.29. The van der Waals surface area contributed by atoms with E-state index in [-0.39, 0.29) is 5.91 Å². The minimum atomic E-state index is 0.0825. The Morgan fingerprint density at radius 3 is 2.83 bits per heavy atom. The molecule has 0 saturated carbocycles. The summed E-state index contributed by atoms with van der Waals surface area (Å²) in [4.78, 5) is 13.4. The van der Waals surface area contributed by atoms with Crippen LogP contribution < -0.4 is 10.6 Å². The number of morpholine rings is 1. The lowest BCUT2D eigenvalue weighted by molar-refractivity contribution is -0.119. The maximum atomic E-state index is 10.9. The smallest absolute Gasteiger partial charge is 0.216 e. The van der Waals surface area contributed by atoms with Crippen LogP contribution in [0.2, 0.25) is 0 Å². The quantitative estimate of drug-likeness (QED) is 0.732. The van der Waals surface area contributed by atoms with Crippen molar-refractivity contribution >= 4 is 5.91 Å². The topological polar surface area (TPSA) is 53.6 Å². The number of nitrogens with one attached hydrogen (secondary N) is 2. The molecule has 1 amide bonds. The van der Waals surface area contributed by atoms with E-state index in [1.165, 1.54) is 12.8 Å². The first-order chi connectivity index (χ1) is 8.74. The monoisotopic (exact) mass is 255 g/mol. The van der Waals surface area contributed by atoms with Crippen molar-refractivity contribution in [1.82, 2.24) is 15.5 Å². The largest absolute Gasteiger partial charge is 0.374 e. The van der Waals surface area contributed by atoms with Gasteiger partial charge in [-0.2, -0.15) is 0 Å². The van der Waals surface area contributed by atoms with Crippen molar-refractivity contribution in [3.63, 3.8) is 0 Å². The molecule has 1 atom stereocenters. The van der Waals surface area contributed by atoms with Crippen LogP contribution in [-0.2, 0) is 9.53 Å². The zero-order valence-electron chi connectivity index (χ0n) is 11.3. The number of carbonyl (C=O) groups excluding carboxylic acids is 1. The molecule has 0 radical (unpaired) electrons. The molecule has 0 aromatic heterocycles. The zero-order valence-corrected chi connectivity index (χ0v) is 11.3. The predicted molar refractivity (Wildman–Crippen MR) is 70.5 cm³/mol. The molecule has 2 saturated heterocycles. The van der Waals surface area contributed by atoms with Crippen molar-refractivity contribution in [3.05, 3.63) is 0 Å². The molecular formula is C13H25N3O2. The molecule has 18 heavy (non-hydrogen) atoms. The number of nitrogens with zero attached hydrogens (tertiary/aromatic N) is 1. The molecule has 2 fully saturated rings. The summed E-state index contributed by atoms with van der Waals surface area (Å²) in [6.07, 6.45) is 2.71. The normalized spacial score (nSPS) is 27.1. The van der Waals surface area contributed by atoms with Crippen molar-refractivity contribution in [2.45, 2.75) is 25.9 Å². The van der Waals surface area contributed by atoms with Crippen LogP contribution in [0.1, 0.15) is 19.8 Å². The molecule has 0 bridgehead atoms. The van der Waals surface area contributed by atoms with Gasteiger partial charge in [0.1, 0.15) is 0 Å². The van der Waals surface area contributed by atoms with E-state index in [0.29, 0.717) is 12.0 Å². The first-order valence-electron chi connectivity index (χ1n) is 7.03. The van der Waals surface area contributed by atoms with Crippen LogP contribution in [-0.4, -0.2) is 62.8 Å². The highest BCUT2D eigenvalue weighted by molar-refractivity contribution is 5.72. The Balaban J connectivity index is 1.62. The summed E-state index contributed by atoms with van der Waals surface area (Å²) in [6, 6.07) is 0. The number of piperidine rings is 1. The summed E-state index contributed by atoms with van der Waals surface area (Å²) >= 11 is 0. The summed E-state index contributed by atoms with van der Waals surface area (Å²) in [5.74, 6) is 0.731. The number of amides is 1. The summed E-state index contributed by atoms with van der Waals surface area (Å²) in [5.41, 5.74) is 0. The molecular weight excluding hydrogens is 230 g/mol. The number of carbonyl (C=O) groups is 1. The van der Waals surface area contributed by atoms with Crippen molar-refractivity contribution in [3.8, 4) is 0 Å². The molecule has 5 nitrogen and oxygen atoms in total. The summed E-state index contributed by atoms with van der Waals surface area (Å²) in [7, 11) is 0. The average Bonchev–Trinajstić information content (AvgIpc) is 2.39. The highest BCUT2D eigenvalue weighted by Crippen LogP contribution is 2.17. The fourth-order valence-corrected chi connectivity index (χ4v) is 2.69. The second-order valence-corrected chi connectivity index (χ2v) is 5.38. The molecule has 0 aromatic rings. The minimum Gasteiger partial charge on any atom is -0.374 e. The van der Waals surface area contributed by atoms with Gasteiger partial charge in [-0.3, -0.25) is 4.79 Å². The third kappa shape index (κ3) is 4.55. The molecule has 2 aliphatic heterocycles. The number of hydrogen-bond acceptors (Lipinski definition) is 4. The number of likely N-dealkylation sites (tertiary alicyclic amines) is 1. The van der Waals surface area contributed by atoms with Crippen molar-refractivity contribution < 1.29 is 9.53 Å². The molecule has 5 heteroatoms. The Hall–Kier alpha value is -0.650.